The van der Waals surface area contributed by atoms with Crippen molar-refractivity contribution in [3.8, 4) is 5.75 Å². The highest BCUT2D eigenvalue weighted by Crippen LogP contribution is 2.25. The van der Waals surface area contributed by atoms with Crippen LogP contribution in [0, 0.1) is 10.1 Å². The van der Waals surface area contributed by atoms with Gasteiger partial charge in [0.2, 0.25) is 5.91 Å². The first-order chi connectivity index (χ1) is 15.0. The van der Waals surface area contributed by atoms with Crippen LogP contribution in [-0.4, -0.2) is 29.6 Å². The topological polar surface area (TPSA) is 111 Å². The Kier molecular flexibility index (Phi) is 7.23. The zero-order valence-corrected chi connectivity index (χ0v) is 17.3. The number of nitrogens with one attached hydrogen (secondary N) is 2. The maximum atomic E-state index is 12.4. The Morgan fingerprint density at radius 3 is 2.45 bits per heavy atom. The molecular weight excluding hydrogens is 418 g/mol. The number of nitro benzene ring substituents is 1. The molecule has 0 unspecified atom stereocenters. The fourth-order valence-electron chi connectivity index (χ4n) is 2.68. The van der Waals surface area contributed by atoms with E-state index in [0.717, 1.165) is 4.90 Å². The van der Waals surface area contributed by atoms with Crippen molar-refractivity contribution in [3.63, 3.8) is 0 Å². The van der Waals surface area contributed by atoms with Crippen molar-refractivity contribution >= 4 is 40.6 Å². The van der Waals surface area contributed by atoms with Gasteiger partial charge in [-0.25, -0.2) is 0 Å². The molecule has 2 amide bonds. The van der Waals surface area contributed by atoms with Crippen molar-refractivity contribution in [2.45, 2.75) is 4.90 Å². The van der Waals surface area contributed by atoms with Gasteiger partial charge >= 0.3 is 0 Å². The van der Waals surface area contributed by atoms with Crippen molar-refractivity contribution in [1.29, 1.82) is 0 Å². The van der Waals surface area contributed by atoms with Gasteiger partial charge in [0.25, 0.3) is 11.6 Å². The van der Waals surface area contributed by atoms with E-state index in [2.05, 4.69) is 10.6 Å². The minimum atomic E-state index is -0.521. The fraction of sp³-hybridized carbons (Fsp3) is 0.0909. The third-order valence-electron chi connectivity index (χ3n) is 4.18. The van der Waals surface area contributed by atoms with Gasteiger partial charge in [-0.05, 0) is 42.5 Å². The summed E-state index contributed by atoms with van der Waals surface area (Å²) in [6, 6.07) is 19.6. The van der Waals surface area contributed by atoms with E-state index >= 15 is 0 Å². The SMILES string of the molecule is COc1ccccc1NC(=O)CSc1cccc(NC(=O)c2ccc([N+](=O)[O-])cc2)c1. The summed E-state index contributed by atoms with van der Waals surface area (Å²) in [4.78, 5) is 35.6. The van der Waals surface area contributed by atoms with E-state index < -0.39 is 4.92 Å². The highest BCUT2D eigenvalue weighted by molar-refractivity contribution is 8.00. The number of amides is 2. The minimum absolute atomic E-state index is 0.0821. The maximum absolute atomic E-state index is 12.4. The molecular formula is C22H19N3O5S. The highest BCUT2D eigenvalue weighted by Gasteiger charge is 2.11. The van der Waals surface area contributed by atoms with Crippen molar-refractivity contribution < 1.29 is 19.2 Å². The van der Waals surface area contributed by atoms with Gasteiger partial charge in [0, 0.05) is 28.3 Å². The molecule has 8 nitrogen and oxygen atoms in total. The summed E-state index contributed by atoms with van der Waals surface area (Å²) in [5.41, 5.74) is 1.37. The lowest BCUT2D eigenvalue weighted by Gasteiger charge is -2.10. The summed E-state index contributed by atoms with van der Waals surface area (Å²) in [6.07, 6.45) is 0. The van der Waals surface area contributed by atoms with Crippen LogP contribution in [0.15, 0.2) is 77.7 Å². The predicted octanol–water partition coefficient (Wildman–Crippen LogP) is 4.59. The Morgan fingerprint density at radius 1 is 1.00 bits per heavy atom. The van der Waals surface area contributed by atoms with Crippen molar-refractivity contribution in [2.24, 2.45) is 0 Å². The summed E-state index contributed by atoms with van der Waals surface area (Å²) in [5.74, 6) is 0.190. The van der Waals surface area contributed by atoms with Crippen molar-refractivity contribution in [1.82, 2.24) is 0 Å². The lowest BCUT2D eigenvalue weighted by molar-refractivity contribution is -0.384. The average Bonchev–Trinajstić information content (AvgIpc) is 2.78. The summed E-state index contributed by atoms with van der Waals surface area (Å²) in [7, 11) is 1.54. The summed E-state index contributed by atoms with van der Waals surface area (Å²) in [6.45, 7) is 0. The number of nitrogens with zero attached hydrogens (tertiary/aromatic N) is 1. The molecule has 0 aliphatic carbocycles. The maximum Gasteiger partial charge on any atom is 0.269 e. The standard InChI is InChI=1S/C22H19N3O5S/c1-30-20-8-3-2-7-19(20)24-21(26)14-31-18-6-4-5-16(13-18)23-22(27)15-9-11-17(12-10-15)25(28)29/h2-13H,14H2,1H3,(H,23,27)(H,24,26). The molecule has 3 aromatic rings. The number of anilines is 2. The van der Waals surface area contributed by atoms with Gasteiger partial charge < -0.3 is 15.4 Å². The van der Waals surface area contributed by atoms with Crippen LogP contribution < -0.4 is 15.4 Å². The van der Waals surface area contributed by atoms with E-state index in [0.29, 0.717) is 22.7 Å². The first kappa shape index (κ1) is 21.8. The second-order valence-corrected chi connectivity index (χ2v) is 7.37. The zero-order chi connectivity index (χ0) is 22.2. The number of non-ortho nitro benzene ring substituents is 1. The molecule has 158 valence electrons. The smallest absolute Gasteiger partial charge is 0.269 e. The van der Waals surface area contributed by atoms with Gasteiger partial charge in [0.1, 0.15) is 5.75 Å². The van der Waals surface area contributed by atoms with Crippen LogP contribution in [0.3, 0.4) is 0 Å². The minimum Gasteiger partial charge on any atom is -0.495 e. The van der Waals surface area contributed by atoms with Gasteiger partial charge in [0.05, 0.1) is 23.5 Å². The first-order valence-electron chi connectivity index (χ1n) is 9.18. The molecule has 0 fully saturated rings. The quantitative estimate of drug-likeness (QED) is 0.303. The number of methoxy groups -OCH3 is 1. The Balaban J connectivity index is 1.58. The van der Waals surface area contributed by atoms with E-state index in [4.69, 9.17) is 4.74 Å². The normalized spacial score (nSPS) is 10.2. The molecule has 3 rings (SSSR count). The van der Waals surface area contributed by atoms with Gasteiger partial charge in [-0.15, -0.1) is 11.8 Å². The van der Waals surface area contributed by atoms with Crippen LogP contribution in [0.1, 0.15) is 10.4 Å². The van der Waals surface area contributed by atoms with E-state index in [1.807, 2.05) is 18.2 Å². The largest absolute Gasteiger partial charge is 0.495 e. The van der Waals surface area contributed by atoms with E-state index in [9.17, 15) is 19.7 Å². The number of ether oxygens (including phenoxy) is 1. The predicted molar refractivity (Wildman–Crippen MR) is 120 cm³/mol. The van der Waals surface area contributed by atoms with Crippen LogP contribution >= 0.6 is 11.8 Å². The number of thioether (sulfide) groups is 1. The van der Waals surface area contributed by atoms with Crippen molar-refractivity contribution in [3.05, 3.63) is 88.5 Å². The molecule has 0 bridgehead atoms. The number of hydrogen-bond donors (Lipinski definition) is 2. The molecule has 9 heteroatoms. The summed E-state index contributed by atoms with van der Waals surface area (Å²) < 4.78 is 5.22. The third-order valence-corrected chi connectivity index (χ3v) is 5.18. The van der Waals surface area contributed by atoms with Crippen LogP contribution in [0.2, 0.25) is 0 Å². The number of para-hydroxylation sites is 2. The van der Waals surface area contributed by atoms with Crippen LogP contribution in [-0.2, 0) is 4.79 Å². The number of hydrogen-bond acceptors (Lipinski definition) is 6. The molecule has 0 spiro atoms. The average molecular weight is 437 g/mol. The fourth-order valence-corrected chi connectivity index (χ4v) is 3.44. The molecule has 0 atom stereocenters. The highest BCUT2D eigenvalue weighted by atomic mass is 32.2. The van der Waals surface area contributed by atoms with Gasteiger partial charge in [0.15, 0.2) is 0 Å². The molecule has 31 heavy (non-hydrogen) atoms. The molecule has 2 N–H and O–H groups in total. The molecule has 0 radical (unpaired) electrons. The molecule has 0 aliphatic rings. The monoisotopic (exact) mass is 437 g/mol. The summed E-state index contributed by atoms with van der Waals surface area (Å²) in [5, 5.41) is 16.3. The number of carbonyl (C=O) groups excluding carboxylic acids is 2. The molecule has 0 saturated heterocycles. The number of rotatable bonds is 8. The molecule has 0 aliphatic heterocycles. The molecule has 0 saturated carbocycles. The molecule has 0 heterocycles. The van der Waals surface area contributed by atoms with Crippen molar-refractivity contribution in [2.75, 3.05) is 23.5 Å². The summed E-state index contributed by atoms with van der Waals surface area (Å²) >= 11 is 1.32. The van der Waals surface area contributed by atoms with Gasteiger partial charge in [-0.3, -0.25) is 19.7 Å². The third kappa shape index (κ3) is 6.06. The van der Waals surface area contributed by atoms with Gasteiger partial charge in [-0.1, -0.05) is 18.2 Å². The van der Waals surface area contributed by atoms with Crippen LogP contribution in [0.25, 0.3) is 0 Å². The number of benzene rings is 3. The second-order valence-electron chi connectivity index (χ2n) is 6.32. The number of nitro groups is 1. The van der Waals surface area contributed by atoms with E-state index in [1.54, 1.807) is 30.3 Å². The first-order valence-corrected chi connectivity index (χ1v) is 10.2. The second kappa shape index (κ2) is 10.3. The Morgan fingerprint density at radius 2 is 1.74 bits per heavy atom. The number of carbonyl (C=O) groups is 2. The van der Waals surface area contributed by atoms with Crippen LogP contribution in [0.4, 0.5) is 17.1 Å². The van der Waals surface area contributed by atoms with E-state index in [1.165, 1.54) is 43.1 Å². The Bertz CT molecular complexity index is 1100. The van der Waals surface area contributed by atoms with Gasteiger partial charge in [-0.2, -0.15) is 0 Å². The molecule has 3 aromatic carbocycles. The lowest BCUT2D eigenvalue weighted by Crippen LogP contribution is -2.14. The Hall–Kier alpha value is -3.85. The van der Waals surface area contributed by atoms with E-state index in [-0.39, 0.29) is 23.3 Å². The Labute approximate surface area is 182 Å². The molecule has 0 aromatic heterocycles. The van der Waals surface area contributed by atoms with Crippen LogP contribution in [0.5, 0.6) is 5.75 Å². The zero-order valence-electron chi connectivity index (χ0n) is 16.5. The lowest BCUT2D eigenvalue weighted by atomic mass is 10.2.